The van der Waals surface area contributed by atoms with Gasteiger partial charge >= 0.3 is 0 Å². The van der Waals surface area contributed by atoms with E-state index < -0.39 is 29.6 Å². The van der Waals surface area contributed by atoms with E-state index >= 15 is 0 Å². The molecule has 2 aromatic heterocycles. The number of aliphatic hydroxyl groups is 1. The van der Waals surface area contributed by atoms with Crippen molar-refractivity contribution in [1.29, 1.82) is 0 Å². The normalized spacial score (nSPS) is 14.7. The lowest BCUT2D eigenvalue weighted by Gasteiger charge is -2.14. The second-order valence-electron chi connectivity index (χ2n) is 8.96. The summed E-state index contributed by atoms with van der Waals surface area (Å²) in [6, 6.07) is 18.8. The van der Waals surface area contributed by atoms with Crippen LogP contribution in [0.25, 0.3) is 16.9 Å². The molecule has 2 amide bonds. The summed E-state index contributed by atoms with van der Waals surface area (Å²) in [5, 5.41) is 19.1. The summed E-state index contributed by atoms with van der Waals surface area (Å²) in [5.74, 6) is -2.91. The average molecular weight is 539 g/mol. The van der Waals surface area contributed by atoms with E-state index in [0.717, 1.165) is 0 Å². The number of hydrogen-bond acceptors (Lipinski definition) is 6. The molecule has 6 rings (SSSR count). The predicted molar refractivity (Wildman–Crippen MR) is 143 cm³/mol. The Balaban J connectivity index is 1.46. The second kappa shape index (κ2) is 10.1. The van der Waals surface area contributed by atoms with Crippen molar-refractivity contribution < 1.29 is 23.5 Å². The zero-order valence-corrected chi connectivity index (χ0v) is 20.7. The van der Waals surface area contributed by atoms with Crippen LogP contribution in [-0.2, 0) is 11.4 Å². The molecule has 0 fully saturated rings. The number of nitrogens with zero attached hydrogens (tertiary/aromatic N) is 4. The topological polar surface area (TPSA) is 121 Å². The number of carbonyl (C=O) groups is 2. The highest BCUT2D eigenvalue weighted by Crippen LogP contribution is 2.30. The molecule has 0 aliphatic carbocycles. The first-order valence-electron chi connectivity index (χ1n) is 12.2. The fourth-order valence-electron chi connectivity index (χ4n) is 4.55. The summed E-state index contributed by atoms with van der Waals surface area (Å²) in [4.78, 5) is 35.8. The van der Waals surface area contributed by atoms with Gasteiger partial charge in [0, 0.05) is 29.1 Å². The van der Waals surface area contributed by atoms with Crippen molar-refractivity contribution in [2.75, 3.05) is 5.32 Å². The Morgan fingerprint density at radius 1 is 1.00 bits per heavy atom. The van der Waals surface area contributed by atoms with Gasteiger partial charge in [0.25, 0.3) is 11.8 Å². The molecule has 1 aliphatic rings. The van der Waals surface area contributed by atoms with Crippen molar-refractivity contribution in [3.8, 4) is 11.3 Å². The number of aliphatic hydroxyl groups excluding tert-OH is 1. The van der Waals surface area contributed by atoms with Gasteiger partial charge in [-0.15, -0.1) is 0 Å². The van der Waals surface area contributed by atoms with E-state index in [-0.39, 0.29) is 34.8 Å². The maximum absolute atomic E-state index is 15.0. The van der Waals surface area contributed by atoms with Crippen LogP contribution in [0.15, 0.2) is 90.2 Å². The minimum Gasteiger partial charge on any atom is -0.392 e. The number of rotatable bonds is 5. The van der Waals surface area contributed by atoms with Crippen molar-refractivity contribution in [2.24, 2.45) is 4.99 Å². The molecule has 0 bridgehead atoms. The Bertz CT molecular complexity index is 1820. The quantitative estimate of drug-likeness (QED) is 0.315. The van der Waals surface area contributed by atoms with Crippen molar-refractivity contribution in [1.82, 2.24) is 19.9 Å². The Morgan fingerprint density at radius 2 is 1.82 bits per heavy atom. The maximum Gasteiger partial charge on any atom is 0.269 e. The number of benzodiazepines with no additional fused rings is 1. The van der Waals surface area contributed by atoms with Crippen LogP contribution in [-0.4, -0.2) is 43.4 Å². The van der Waals surface area contributed by atoms with Gasteiger partial charge in [0.2, 0.25) is 6.17 Å². The lowest BCUT2D eigenvalue weighted by Crippen LogP contribution is -2.42. The van der Waals surface area contributed by atoms with Crippen molar-refractivity contribution in [3.05, 3.63) is 119 Å². The molecular formula is C29H20F2N6O3. The third-order valence-electron chi connectivity index (χ3n) is 6.43. The highest BCUT2D eigenvalue weighted by molar-refractivity contribution is 6.20. The number of amides is 2. The van der Waals surface area contributed by atoms with Crippen molar-refractivity contribution in [3.63, 3.8) is 0 Å². The first kappa shape index (κ1) is 25.0. The minimum absolute atomic E-state index is 0.0320. The molecule has 3 heterocycles. The zero-order chi connectivity index (χ0) is 27.8. The van der Waals surface area contributed by atoms with E-state index in [1.54, 1.807) is 48.7 Å². The highest BCUT2D eigenvalue weighted by atomic mass is 19.1. The Morgan fingerprint density at radius 3 is 2.62 bits per heavy atom. The van der Waals surface area contributed by atoms with Crippen LogP contribution in [0, 0.1) is 11.6 Å². The molecule has 0 spiro atoms. The molecule has 0 saturated heterocycles. The molecule has 40 heavy (non-hydrogen) atoms. The van der Waals surface area contributed by atoms with Crippen LogP contribution >= 0.6 is 0 Å². The maximum atomic E-state index is 15.0. The number of hydrogen-bond donors (Lipinski definition) is 3. The third kappa shape index (κ3) is 4.37. The van der Waals surface area contributed by atoms with Crippen LogP contribution in [0.5, 0.6) is 0 Å². The molecule has 1 aliphatic heterocycles. The molecule has 1 atom stereocenters. The molecule has 0 radical (unpaired) electrons. The number of para-hydroxylation sites is 1. The van der Waals surface area contributed by atoms with Crippen LogP contribution < -0.4 is 10.6 Å². The minimum atomic E-state index is -1.48. The summed E-state index contributed by atoms with van der Waals surface area (Å²) in [7, 11) is 0. The lowest BCUT2D eigenvalue weighted by atomic mass is 10.0. The van der Waals surface area contributed by atoms with Gasteiger partial charge in [-0.3, -0.25) is 9.59 Å². The van der Waals surface area contributed by atoms with Gasteiger partial charge < -0.3 is 15.7 Å². The highest BCUT2D eigenvalue weighted by Gasteiger charge is 2.31. The van der Waals surface area contributed by atoms with Gasteiger partial charge in [0.05, 0.1) is 18.0 Å². The van der Waals surface area contributed by atoms with E-state index in [2.05, 4.69) is 25.7 Å². The standard InChI is InChI=1S/C29H20F2N6O3/c30-20-11-10-16(15-38)14-19(20)25-22(27-32-12-5-13-37(27)36-25)28(39)35-26-29(40)34-24-18(8-4-9-21(24)31)23(33-26)17-6-2-1-3-7-17/h1-14,26,38H,15H2,(H,34,40)(H,35,39)/t26-/m1/s1. The molecule has 0 unspecified atom stereocenters. The Hall–Kier alpha value is -5.29. The van der Waals surface area contributed by atoms with E-state index in [0.29, 0.717) is 22.4 Å². The molecule has 3 aromatic carbocycles. The summed E-state index contributed by atoms with van der Waals surface area (Å²) >= 11 is 0. The van der Waals surface area contributed by atoms with Crippen molar-refractivity contribution >= 4 is 28.9 Å². The first-order valence-corrected chi connectivity index (χ1v) is 12.2. The molecule has 198 valence electrons. The monoisotopic (exact) mass is 538 g/mol. The number of nitrogens with one attached hydrogen (secondary N) is 2. The van der Waals surface area contributed by atoms with E-state index in [4.69, 9.17) is 0 Å². The van der Waals surface area contributed by atoms with Crippen LogP contribution in [0.3, 0.4) is 0 Å². The van der Waals surface area contributed by atoms with Gasteiger partial charge in [-0.2, -0.15) is 5.10 Å². The summed E-state index contributed by atoms with van der Waals surface area (Å²) in [6.45, 7) is -0.350. The number of benzene rings is 3. The van der Waals surface area contributed by atoms with Gasteiger partial charge in [0.15, 0.2) is 5.65 Å². The molecule has 0 saturated carbocycles. The fraction of sp³-hybridized carbons (Fsp3) is 0.0690. The van der Waals surface area contributed by atoms with E-state index in [1.807, 2.05) is 0 Å². The second-order valence-corrected chi connectivity index (χ2v) is 8.96. The molecule has 3 N–H and O–H groups in total. The van der Waals surface area contributed by atoms with Gasteiger partial charge in [0.1, 0.15) is 22.9 Å². The van der Waals surface area contributed by atoms with Crippen LogP contribution in [0.1, 0.15) is 27.0 Å². The SMILES string of the molecule is O=C(N[C@H]1N=C(c2ccccc2)c2cccc(F)c2NC1=O)c1c(-c2cc(CO)ccc2F)nn2cccnc12. The molecule has 9 nitrogen and oxygen atoms in total. The van der Waals surface area contributed by atoms with Gasteiger partial charge in [-0.1, -0.05) is 48.5 Å². The fourth-order valence-corrected chi connectivity index (χ4v) is 4.55. The van der Waals surface area contributed by atoms with Gasteiger partial charge in [-0.05, 0) is 29.8 Å². The number of fused-ring (bicyclic) bond motifs is 2. The number of anilines is 1. The Labute approximate surface area is 225 Å². The Kier molecular flexibility index (Phi) is 6.33. The summed E-state index contributed by atoms with van der Waals surface area (Å²) in [5.41, 5.74) is 1.52. The van der Waals surface area contributed by atoms with E-state index in [9.17, 15) is 23.5 Å². The van der Waals surface area contributed by atoms with Crippen LogP contribution in [0.2, 0.25) is 0 Å². The van der Waals surface area contributed by atoms with E-state index in [1.165, 1.54) is 41.0 Å². The number of halogens is 2. The molecule has 11 heteroatoms. The largest absolute Gasteiger partial charge is 0.392 e. The number of aromatic nitrogens is 3. The first-order chi connectivity index (χ1) is 19.4. The smallest absolute Gasteiger partial charge is 0.269 e. The number of aliphatic imine (C=N–C) groups is 1. The third-order valence-corrected chi connectivity index (χ3v) is 6.43. The summed E-state index contributed by atoms with van der Waals surface area (Å²) < 4.78 is 31.1. The average Bonchev–Trinajstić information content (AvgIpc) is 3.30. The van der Waals surface area contributed by atoms with Gasteiger partial charge in [-0.25, -0.2) is 23.3 Å². The summed E-state index contributed by atoms with van der Waals surface area (Å²) in [6.07, 6.45) is 1.51. The zero-order valence-electron chi connectivity index (χ0n) is 20.7. The van der Waals surface area contributed by atoms with Crippen molar-refractivity contribution in [2.45, 2.75) is 12.8 Å². The predicted octanol–water partition coefficient (Wildman–Crippen LogP) is 3.71. The molecular weight excluding hydrogens is 518 g/mol. The number of carbonyl (C=O) groups excluding carboxylic acids is 2. The van der Waals surface area contributed by atoms with Crippen LogP contribution in [0.4, 0.5) is 14.5 Å². The lowest BCUT2D eigenvalue weighted by molar-refractivity contribution is -0.117. The molecule has 5 aromatic rings.